The van der Waals surface area contributed by atoms with Crippen molar-refractivity contribution in [3.05, 3.63) is 47.3 Å². The second-order valence-corrected chi connectivity index (χ2v) is 4.38. The largest absolute Gasteiger partial charge is 0.462 e. The lowest BCUT2D eigenvalue weighted by molar-refractivity contribution is -0.138. The van der Waals surface area contributed by atoms with Gasteiger partial charge in [-0.05, 0) is 37.1 Å². The highest BCUT2D eigenvalue weighted by atomic mass is 19.1. The molecule has 0 aliphatic rings. The molecule has 4 heteroatoms. The number of rotatable bonds is 5. The molecule has 0 saturated carbocycles. The molecule has 0 atom stereocenters. The van der Waals surface area contributed by atoms with Crippen LogP contribution in [0.3, 0.4) is 0 Å². The van der Waals surface area contributed by atoms with Crippen molar-refractivity contribution in [3.63, 3.8) is 0 Å². The quantitative estimate of drug-likeness (QED) is 0.270. The molecule has 1 aromatic rings. The SMILES string of the molecule is CCOC(=O)/C(=C\C(C)C)C(=O)c1ccc(F)cc1. The molecule has 0 fully saturated rings. The Balaban J connectivity index is 3.08. The van der Waals surface area contributed by atoms with Crippen molar-refractivity contribution in [3.8, 4) is 0 Å². The molecule has 0 saturated heterocycles. The molecule has 0 aliphatic carbocycles. The maximum absolute atomic E-state index is 12.8. The number of ketones is 1. The van der Waals surface area contributed by atoms with Crippen LogP contribution in [-0.4, -0.2) is 18.4 Å². The first-order valence-corrected chi connectivity index (χ1v) is 6.15. The number of Topliss-reactive ketones (excluding diaryl/α,β-unsaturated/α-hetero) is 1. The molecule has 0 radical (unpaired) electrons. The number of esters is 1. The van der Waals surface area contributed by atoms with Gasteiger partial charge in [-0.25, -0.2) is 9.18 Å². The van der Waals surface area contributed by atoms with E-state index in [0.29, 0.717) is 0 Å². The molecular formula is C15H17FO3. The van der Waals surface area contributed by atoms with E-state index in [1.165, 1.54) is 24.3 Å². The summed E-state index contributed by atoms with van der Waals surface area (Å²) < 4.78 is 17.7. The third kappa shape index (κ3) is 4.32. The minimum Gasteiger partial charge on any atom is -0.462 e. The maximum Gasteiger partial charge on any atom is 0.341 e. The summed E-state index contributed by atoms with van der Waals surface area (Å²) in [6.45, 7) is 5.59. The molecule has 0 heterocycles. The van der Waals surface area contributed by atoms with E-state index in [-0.39, 0.29) is 23.7 Å². The standard InChI is InChI=1S/C15H17FO3/c1-4-19-15(18)13(9-10(2)3)14(17)11-5-7-12(16)8-6-11/h5-10H,4H2,1-3H3/b13-9-. The van der Waals surface area contributed by atoms with Crippen LogP contribution < -0.4 is 0 Å². The van der Waals surface area contributed by atoms with Crippen LogP contribution in [0, 0.1) is 11.7 Å². The molecule has 1 aromatic carbocycles. The summed E-state index contributed by atoms with van der Waals surface area (Å²) in [4.78, 5) is 24.0. The average Bonchev–Trinajstić information content (AvgIpc) is 2.36. The summed E-state index contributed by atoms with van der Waals surface area (Å²) >= 11 is 0. The van der Waals surface area contributed by atoms with Crippen LogP contribution in [-0.2, 0) is 9.53 Å². The first kappa shape index (κ1) is 15.1. The highest BCUT2D eigenvalue weighted by Crippen LogP contribution is 2.13. The Hall–Kier alpha value is -1.97. The second kappa shape index (κ2) is 6.83. The lowest BCUT2D eigenvalue weighted by atomic mass is 10.00. The number of ether oxygens (including phenoxy) is 1. The Labute approximate surface area is 112 Å². The van der Waals surface area contributed by atoms with Gasteiger partial charge in [-0.1, -0.05) is 19.9 Å². The number of hydrogen-bond donors (Lipinski definition) is 0. The third-order valence-electron chi connectivity index (χ3n) is 2.35. The number of carbonyl (C=O) groups is 2. The molecule has 102 valence electrons. The highest BCUT2D eigenvalue weighted by molar-refractivity contribution is 6.24. The zero-order valence-corrected chi connectivity index (χ0v) is 11.3. The van der Waals surface area contributed by atoms with Gasteiger partial charge >= 0.3 is 5.97 Å². The Kier molecular flexibility index (Phi) is 5.42. The van der Waals surface area contributed by atoms with Crippen molar-refractivity contribution < 1.29 is 18.7 Å². The number of hydrogen-bond acceptors (Lipinski definition) is 3. The minimum absolute atomic E-state index is 0.0107. The van der Waals surface area contributed by atoms with Gasteiger partial charge in [0.1, 0.15) is 11.4 Å². The van der Waals surface area contributed by atoms with Gasteiger partial charge < -0.3 is 4.74 Å². The molecule has 3 nitrogen and oxygen atoms in total. The summed E-state index contributed by atoms with van der Waals surface area (Å²) in [5.41, 5.74) is 0.254. The molecule has 0 aliphatic heterocycles. The minimum atomic E-state index is -0.648. The van der Waals surface area contributed by atoms with Crippen LogP contribution in [0.4, 0.5) is 4.39 Å². The molecule has 0 amide bonds. The van der Waals surface area contributed by atoms with Gasteiger partial charge in [0.15, 0.2) is 5.78 Å². The van der Waals surface area contributed by atoms with E-state index < -0.39 is 17.6 Å². The van der Waals surface area contributed by atoms with Crippen LogP contribution in [0.5, 0.6) is 0 Å². The lowest BCUT2D eigenvalue weighted by Crippen LogP contribution is -2.17. The molecule has 19 heavy (non-hydrogen) atoms. The normalized spacial score (nSPS) is 11.5. The van der Waals surface area contributed by atoms with Crippen LogP contribution in [0.15, 0.2) is 35.9 Å². The predicted molar refractivity (Wildman–Crippen MR) is 70.3 cm³/mol. The number of halogens is 1. The second-order valence-electron chi connectivity index (χ2n) is 4.38. The van der Waals surface area contributed by atoms with Crippen molar-refractivity contribution in [2.24, 2.45) is 5.92 Å². The zero-order valence-electron chi connectivity index (χ0n) is 11.3. The fourth-order valence-electron chi connectivity index (χ4n) is 1.54. The van der Waals surface area contributed by atoms with Crippen molar-refractivity contribution in [1.82, 2.24) is 0 Å². The monoisotopic (exact) mass is 264 g/mol. The lowest BCUT2D eigenvalue weighted by Gasteiger charge is -2.08. The predicted octanol–water partition coefficient (Wildman–Crippen LogP) is 3.15. The van der Waals surface area contributed by atoms with E-state index in [2.05, 4.69) is 0 Å². The third-order valence-corrected chi connectivity index (χ3v) is 2.35. The maximum atomic E-state index is 12.8. The van der Waals surface area contributed by atoms with Crippen molar-refractivity contribution in [2.75, 3.05) is 6.61 Å². The molecular weight excluding hydrogens is 247 g/mol. The van der Waals surface area contributed by atoms with E-state index in [0.717, 1.165) is 0 Å². The van der Waals surface area contributed by atoms with Gasteiger partial charge in [0, 0.05) is 5.56 Å². The topological polar surface area (TPSA) is 43.4 Å². The van der Waals surface area contributed by atoms with Gasteiger partial charge in [-0.3, -0.25) is 4.79 Å². The fourth-order valence-corrected chi connectivity index (χ4v) is 1.54. The van der Waals surface area contributed by atoms with Gasteiger partial charge in [-0.15, -0.1) is 0 Å². The van der Waals surface area contributed by atoms with E-state index in [9.17, 15) is 14.0 Å². The van der Waals surface area contributed by atoms with Crippen molar-refractivity contribution in [1.29, 1.82) is 0 Å². The molecule has 0 bridgehead atoms. The summed E-state index contributed by atoms with van der Waals surface area (Å²) in [7, 11) is 0. The van der Waals surface area contributed by atoms with Gasteiger partial charge in [0.25, 0.3) is 0 Å². The van der Waals surface area contributed by atoms with Crippen LogP contribution in [0.25, 0.3) is 0 Å². The van der Waals surface area contributed by atoms with Crippen LogP contribution in [0.2, 0.25) is 0 Å². The van der Waals surface area contributed by atoms with E-state index in [1.54, 1.807) is 13.0 Å². The molecule has 0 N–H and O–H groups in total. The zero-order chi connectivity index (χ0) is 14.4. The Morgan fingerprint density at radius 2 is 1.84 bits per heavy atom. The van der Waals surface area contributed by atoms with Crippen molar-refractivity contribution >= 4 is 11.8 Å². The summed E-state index contributed by atoms with van der Waals surface area (Å²) in [6.07, 6.45) is 1.56. The Morgan fingerprint density at radius 1 is 1.26 bits per heavy atom. The molecule has 1 rings (SSSR count). The molecule has 0 aromatic heterocycles. The molecule has 0 unspecified atom stereocenters. The smallest absolute Gasteiger partial charge is 0.341 e. The van der Waals surface area contributed by atoms with Crippen LogP contribution >= 0.6 is 0 Å². The Bertz CT molecular complexity index is 487. The van der Waals surface area contributed by atoms with Gasteiger partial charge in [-0.2, -0.15) is 0 Å². The number of allylic oxidation sites excluding steroid dienone is 1. The van der Waals surface area contributed by atoms with E-state index in [4.69, 9.17) is 4.74 Å². The van der Waals surface area contributed by atoms with E-state index in [1.807, 2.05) is 13.8 Å². The van der Waals surface area contributed by atoms with Crippen LogP contribution in [0.1, 0.15) is 31.1 Å². The summed E-state index contributed by atoms with van der Waals surface area (Å²) in [5, 5.41) is 0. The van der Waals surface area contributed by atoms with E-state index >= 15 is 0 Å². The Morgan fingerprint density at radius 3 is 2.32 bits per heavy atom. The highest BCUT2D eigenvalue weighted by Gasteiger charge is 2.21. The first-order valence-electron chi connectivity index (χ1n) is 6.15. The van der Waals surface area contributed by atoms with Gasteiger partial charge in [0.05, 0.1) is 6.61 Å². The number of benzene rings is 1. The summed E-state index contributed by atoms with van der Waals surface area (Å²) in [5.74, 6) is -1.50. The summed E-state index contributed by atoms with van der Waals surface area (Å²) in [6, 6.07) is 5.08. The fraction of sp³-hybridized carbons (Fsp3) is 0.333. The average molecular weight is 264 g/mol. The van der Waals surface area contributed by atoms with Crippen molar-refractivity contribution in [2.45, 2.75) is 20.8 Å². The van der Waals surface area contributed by atoms with Gasteiger partial charge in [0.2, 0.25) is 0 Å². The first-order chi connectivity index (χ1) is 8.95. The molecule has 0 spiro atoms. The number of carbonyl (C=O) groups excluding carboxylic acids is 2.